The number of ketones is 1. The molecule has 330 valence electrons. The Bertz CT molecular complexity index is 2180. The van der Waals surface area contributed by atoms with Gasteiger partial charge in [-0.15, -0.1) is 0 Å². The smallest absolute Gasteiger partial charge is 0.338 e. The van der Waals surface area contributed by atoms with Gasteiger partial charge in [-0.1, -0.05) is 80.6 Å². The summed E-state index contributed by atoms with van der Waals surface area (Å²) in [5.74, 6) is -8.29. The van der Waals surface area contributed by atoms with Crippen LogP contribution in [0.3, 0.4) is 0 Å². The van der Waals surface area contributed by atoms with Gasteiger partial charge < -0.3 is 44.3 Å². The number of rotatable bonds is 11. The van der Waals surface area contributed by atoms with Gasteiger partial charge >= 0.3 is 23.9 Å². The summed E-state index contributed by atoms with van der Waals surface area (Å²) in [7, 11) is 0. The number of carbonyl (C=O) groups excluding carboxylic acids is 6. The number of aliphatic hydroxyl groups is 3. The number of ether oxygens (including phenoxy) is 5. The van der Waals surface area contributed by atoms with E-state index in [1.807, 2.05) is 0 Å². The zero-order chi connectivity index (χ0) is 44.8. The maximum atomic E-state index is 15.5. The third-order valence-corrected chi connectivity index (χ3v) is 13.9. The first-order valence-electron chi connectivity index (χ1n) is 20.8. The second-order valence-electron chi connectivity index (χ2n) is 17.7. The number of esters is 4. The molecule has 3 aromatic carbocycles. The molecule has 0 spiro atoms. The van der Waals surface area contributed by atoms with Gasteiger partial charge in [-0.05, 0) is 49.6 Å². The summed E-state index contributed by atoms with van der Waals surface area (Å²) in [6, 6.07) is 23.4. The van der Waals surface area contributed by atoms with Crippen molar-refractivity contribution in [1.82, 2.24) is 5.32 Å². The molecule has 4 aliphatic rings. The molecule has 2 unspecified atom stereocenters. The molecule has 12 atom stereocenters. The first-order valence-corrected chi connectivity index (χ1v) is 20.8. The van der Waals surface area contributed by atoms with E-state index < -0.39 is 119 Å². The molecule has 3 aromatic rings. The number of amides is 1. The third kappa shape index (κ3) is 7.58. The molecule has 15 nitrogen and oxygen atoms in total. The first-order chi connectivity index (χ1) is 29.4. The lowest BCUT2D eigenvalue weighted by molar-refractivity contribution is -0.353. The minimum absolute atomic E-state index is 0.0116. The maximum absolute atomic E-state index is 15.5. The van der Waals surface area contributed by atoms with Crippen LogP contribution in [0.1, 0.15) is 86.2 Å². The van der Waals surface area contributed by atoms with Crippen molar-refractivity contribution in [3.05, 3.63) is 108 Å². The van der Waals surface area contributed by atoms with Crippen LogP contribution in [0.5, 0.6) is 0 Å². The Labute approximate surface area is 359 Å². The van der Waals surface area contributed by atoms with Crippen LogP contribution in [0.15, 0.2) is 91.0 Å². The topological polar surface area (TPSA) is 221 Å². The summed E-state index contributed by atoms with van der Waals surface area (Å²) in [5.41, 5.74) is -6.44. The van der Waals surface area contributed by atoms with Gasteiger partial charge in [0, 0.05) is 43.1 Å². The minimum atomic E-state index is -2.09. The molecule has 4 N–H and O–H groups in total. The van der Waals surface area contributed by atoms with Gasteiger partial charge in [0.1, 0.15) is 17.8 Å². The van der Waals surface area contributed by atoms with Gasteiger partial charge in [-0.2, -0.15) is 0 Å². The van der Waals surface area contributed by atoms with Crippen molar-refractivity contribution in [3.63, 3.8) is 0 Å². The fourth-order valence-corrected chi connectivity index (χ4v) is 10.7. The molecule has 15 heteroatoms. The molecule has 1 saturated heterocycles. The van der Waals surface area contributed by atoms with E-state index >= 15 is 4.79 Å². The molecule has 1 amide bonds. The summed E-state index contributed by atoms with van der Waals surface area (Å²) in [5, 5.41) is 39.8. The van der Waals surface area contributed by atoms with Crippen molar-refractivity contribution in [1.29, 1.82) is 0 Å². The number of hydrogen-bond donors (Lipinski definition) is 4. The SMILES string of the molecule is CC(=O)O[C@H]1C(=O)[C@@]2(C)[C@H]([C@H](OC(=O)c3ccccc3)[C@]3(O)CCC(COC(=O)[C@H](O)[C@@H](NC(=O)c4ccccc4)c4ccccc4)C1C3(C)C)[C@]1(OC(C)=O)CO[C@@H]1C[C@@H]2O. The zero-order valence-corrected chi connectivity index (χ0v) is 35.2. The molecule has 1 heterocycles. The quantitative estimate of drug-likeness (QED) is 0.160. The van der Waals surface area contributed by atoms with Crippen molar-refractivity contribution >= 4 is 35.6 Å². The largest absolute Gasteiger partial charge is 0.463 e. The lowest BCUT2D eigenvalue weighted by atomic mass is 9.42. The van der Waals surface area contributed by atoms with Gasteiger partial charge in [-0.3, -0.25) is 19.2 Å². The lowest BCUT2D eigenvalue weighted by Gasteiger charge is -2.68. The number of aliphatic hydroxyl groups excluding tert-OH is 2. The van der Waals surface area contributed by atoms with E-state index in [-0.39, 0.29) is 31.4 Å². The van der Waals surface area contributed by atoms with Crippen LogP contribution in [-0.2, 0) is 42.9 Å². The Balaban J connectivity index is 1.28. The van der Waals surface area contributed by atoms with E-state index in [9.17, 15) is 39.3 Å². The summed E-state index contributed by atoms with van der Waals surface area (Å²) in [6.45, 7) is 6.31. The molecule has 62 heavy (non-hydrogen) atoms. The third-order valence-electron chi connectivity index (χ3n) is 13.9. The molecule has 3 saturated carbocycles. The van der Waals surface area contributed by atoms with Crippen LogP contribution >= 0.6 is 0 Å². The normalized spacial score (nSPS) is 33.0. The van der Waals surface area contributed by atoms with Gasteiger partial charge in [0.2, 0.25) is 0 Å². The average Bonchev–Trinajstić information content (AvgIpc) is 3.25. The molecular weight excluding hydrogens is 803 g/mol. The van der Waals surface area contributed by atoms with Crippen molar-refractivity contribution in [2.24, 2.45) is 28.6 Å². The number of hydrogen-bond acceptors (Lipinski definition) is 14. The van der Waals surface area contributed by atoms with Crippen molar-refractivity contribution in [2.45, 2.75) is 102 Å². The second-order valence-corrected chi connectivity index (χ2v) is 17.7. The number of carbonyl (C=O) groups is 6. The van der Waals surface area contributed by atoms with Crippen LogP contribution in [0.4, 0.5) is 0 Å². The Hall–Kier alpha value is -5.48. The monoisotopic (exact) mass is 855 g/mol. The van der Waals surface area contributed by atoms with E-state index in [0.717, 1.165) is 6.92 Å². The van der Waals surface area contributed by atoms with Crippen LogP contribution in [-0.4, -0.2) is 106 Å². The van der Waals surface area contributed by atoms with E-state index in [0.29, 0.717) is 11.1 Å². The van der Waals surface area contributed by atoms with Crippen LogP contribution in [0, 0.1) is 28.6 Å². The number of Topliss-reactive ketones (excluding diaryl/α,β-unsaturated/α-hetero) is 1. The number of benzene rings is 3. The van der Waals surface area contributed by atoms with E-state index in [2.05, 4.69) is 5.32 Å². The fourth-order valence-electron chi connectivity index (χ4n) is 10.7. The van der Waals surface area contributed by atoms with E-state index in [1.54, 1.807) is 92.7 Å². The molecule has 7 rings (SSSR count). The van der Waals surface area contributed by atoms with Crippen molar-refractivity contribution < 1.29 is 67.8 Å². The highest BCUT2D eigenvalue weighted by Crippen LogP contribution is 2.65. The Morgan fingerprint density at radius 1 is 0.855 bits per heavy atom. The van der Waals surface area contributed by atoms with Gasteiger partial charge in [-0.25, -0.2) is 9.59 Å². The summed E-state index contributed by atoms with van der Waals surface area (Å²) >= 11 is 0. The highest BCUT2D eigenvalue weighted by molar-refractivity contribution is 5.95. The van der Waals surface area contributed by atoms with Gasteiger partial charge in [0.15, 0.2) is 23.6 Å². The highest BCUT2D eigenvalue weighted by Gasteiger charge is 2.79. The summed E-state index contributed by atoms with van der Waals surface area (Å²) < 4.78 is 30.0. The Morgan fingerprint density at radius 2 is 1.45 bits per heavy atom. The number of nitrogens with one attached hydrogen (secondary N) is 1. The molecule has 1 aliphatic heterocycles. The predicted molar refractivity (Wildman–Crippen MR) is 218 cm³/mol. The van der Waals surface area contributed by atoms with E-state index in [1.165, 1.54) is 26.0 Å². The molecule has 0 aromatic heterocycles. The summed E-state index contributed by atoms with van der Waals surface area (Å²) in [6.07, 6.45) is -8.02. The second kappa shape index (κ2) is 17.0. The van der Waals surface area contributed by atoms with Gasteiger partial charge in [0.05, 0.1) is 42.3 Å². The van der Waals surface area contributed by atoms with Gasteiger partial charge in [0.25, 0.3) is 5.91 Å². The van der Waals surface area contributed by atoms with Crippen molar-refractivity contribution in [3.8, 4) is 0 Å². The molecule has 4 fully saturated rings. The number of fused-ring (bicyclic) bond motifs is 5. The van der Waals surface area contributed by atoms with Crippen molar-refractivity contribution in [2.75, 3.05) is 13.2 Å². The Kier molecular flexibility index (Phi) is 12.2. The summed E-state index contributed by atoms with van der Waals surface area (Å²) in [4.78, 5) is 82.7. The van der Waals surface area contributed by atoms with Crippen LogP contribution < -0.4 is 5.32 Å². The van der Waals surface area contributed by atoms with E-state index in [4.69, 9.17) is 23.7 Å². The molecular formula is C47H53NO14. The first kappa shape index (κ1) is 44.6. The van der Waals surface area contributed by atoms with Crippen LogP contribution in [0.2, 0.25) is 0 Å². The minimum Gasteiger partial charge on any atom is -0.463 e. The van der Waals surface area contributed by atoms with Crippen LogP contribution in [0.25, 0.3) is 0 Å². The molecule has 2 bridgehead atoms. The fraction of sp³-hybridized carbons (Fsp3) is 0.489. The zero-order valence-electron chi connectivity index (χ0n) is 35.2. The lowest BCUT2D eigenvalue weighted by Crippen LogP contribution is -2.82. The average molecular weight is 856 g/mol. The highest BCUT2D eigenvalue weighted by atomic mass is 16.6. The predicted octanol–water partition coefficient (Wildman–Crippen LogP) is 3.67. The molecule has 0 radical (unpaired) electrons. The standard InChI is InChI=1S/C47H53NO14/c1-26(49)60-37-34-31(24-58-43(56)36(52)35(28-15-9-6-10-16-28)48-41(54)29-17-11-7-12-18-29)21-22-47(57,44(34,3)4)40(61-42(55)30-19-13-8-14-20-30)38-45(5,39(37)53)32(51)23-33-46(38,25-59-33)62-27(2)50/h6-20,31-38,40,51-52,57H,21-25H2,1-5H3,(H,48,54)/t31?,32-,33+,34?,35-,36+,37+,38-,40-,45+,46-,47+/m0/s1. The maximum Gasteiger partial charge on any atom is 0.338 e. The molecule has 3 aliphatic carbocycles. The Morgan fingerprint density at radius 3 is 2.02 bits per heavy atom.